The number of hydrogen-bond acceptors (Lipinski definition) is 2. The summed E-state index contributed by atoms with van der Waals surface area (Å²) >= 11 is 0. The Morgan fingerprint density at radius 3 is 2.26 bits per heavy atom. The van der Waals surface area contributed by atoms with E-state index < -0.39 is 0 Å². The molecule has 0 amide bonds. The molecular formula is C17H18O2. The van der Waals surface area contributed by atoms with Crippen molar-refractivity contribution >= 4 is 5.97 Å². The van der Waals surface area contributed by atoms with Crippen molar-refractivity contribution in [2.24, 2.45) is 0 Å². The quantitative estimate of drug-likeness (QED) is 0.755. The molecule has 0 fully saturated rings. The zero-order valence-corrected chi connectivity index (χ0v) is 11.8. The summed E-state index contributed by atoms with van der Waals surface area (Å²) in [5.74, 6) is -0.287. The molecule has 0 unspecified atom stereocenters. The highest BCUT2D eigenvalue weighted by atomic mass is 16.5. The summed E-state index contributed by atoms with van der Waals surface area (Å²) in [7, 11) is 1.40. The van der Waals surface area contributed by atoms with Crippen LogP contribution in [0.3, 0.4) is 0 Å². The monoisotopic (exact) mass is 254 g/mol. The molecule has 2 aromatic rings. The summed E-state index contributed by atoms with van der Waals surface area (Å²) < 4.78 is 4.76. The molecule has 0 radical (unpaired) electrons. The van der Waals surface area contributed by atoms with Crippen LogP contribution < -0.4 is 0 Å². The van der Waals surface area contributed by atoms with E-state index in [0.717, 1.165) is 11.1 Å². The molecule has 0 aliphatic heterocycles. The highest BCUT2D eigenvalue weighted by molar-refractivity contribution is 5.91. The average Bonchev–Trinajstić information content (AvgIpc) is 2.37. The maximum atomic E-state index is 11.6. The molecule has 0 aromatic heterocycles. The molecular weight excluding hydrogens is 236 g/mol. The standard InChI is InChI=1S/C17H18O2/c1-11-5-7-15(12(2)9-11)14-6-8-16(13(3)10-14)17(18)19-4/h5-10H,1-4H3. The van der Waals surface area contributed by atoms with Gasteiger partial charge >= 0.3 is 5.97 Å². The van der Waals surface area contributed by atoms with E-state index in [1.807, 2.05) is 25.1 Å². The molecule has 0 saturated carbocycles. The van der Waals surface area contributed by atoms with E-state index in [4.69, 9.17) is 4.74 Å². The van der Waals surface area contributed by atoms with Crippen molar-refractivity contribution in [2.75, 3.05) is 7.11 Å². The molecule has 0 aliphatic rings. The van der Waals surface area contributed by atoms with Crippen LogP contribution in [0, 0.1) is 20.8 Å². The van der Waals surface area contributed by atoms with Gasteiger partial charge in [0.15, 0.2) is 0 Å². The molecule has 0 bridgehead atoms. The molecule has 0 spiro atoms. The van der Waals surface area contributed by atoms with Gasteiger partial charge in [-0.1, -0.05) is 35.9 Å². The van der Waals surface area contributed by atoms with Gasteiger partial charge in [0.25, 0.3) is 0 Å². The number of rotatable bonds is 2. The smallest absolute Gasteiger partial charge is 0.338 e. The lowest BCUT2D eigenvalue weighted by Gasteiger charge is -2.10. The zero-order chi connectivity index (χ0) is 14.0. The van der Waals surface area contributed by atoms with Crippen LogP contribution in [0.15, 0.2) is 36.4 Å². The Labute approximate surface area is 114 Å². The van der Waals surface area contributed by atoms with Crippen molar-refractivity contribution in [3.05, 3.63) is 58.7 Å². The Bertz CT molecular complexity index is 627. The molecule has 0 aliphatic carbocycles. The van der Waals surface area contributed by atoms with Gasteiger partial charge in [0, 0.05) is 0 Å². The molecule has 19 heavy (non-hydrogen) atoms. The van der Waals surface area contributed by atoms with Crippen molar-refractivity contribution in [1.29, 1.82) is 0 Å². The van der Waals surface area contributed by atoms with Gasteiger partial charge in [-0.3, -0.25) is 0 Å². The third-order valence-electron chi connectivity index (χ3n) is 3.32. The minimum absolute atomic E-state index is 0.287. The minimum atomic E-state index is -0.287. The molecule has 0 N–H and O–H groups in total. The molecule has 0 heterocycles. The van der Waals surface area contributed by atoms with Gasteiger partial charge in [0.1, 0.15) is 0 Å². The fourth-order valence-corrected chi connectivity index (χ4v) is 2.31. The van der Waals surface area contributed by atoms with Gasteiger partial charge in [0.2, 0.25) is 0 Å². The summed E-state index contributed by atoms with van der Waals surface area (Å²) in [5, 5.41) is 0. The van der Waals surface area contributed by atoms with Gasteiger partial charge in [-0.05, 0) is 49.1 Å². The number of carbonyl (C=O) groups excluding carboxylic acids is 1. The van der Waals surface area contributed by atoms with Crippen LogP contribution in [0.25, 0.3) is 11.1 Å². The van der Waals surface area contributed by atoms with Gasteiger partial charge in [-0.15, -0.1) is 0 Å². The predicted molar refractivity (Wildman–Crippen MR) is 77.4 cm³/mol. The molecule has 2 aromatic carbocycles. The zero-order valence-electron chi connectivity index (χ0n) is 11.8. The topological polar surface area (TPSA) is 26.3 Å². The second-order valence-corrected chi connectivity index (χ2v) is 4.84. The fraction of sp³-hybridized carbons (Fsp3) is 0.235. The molecule has 98 valence electrons. The van der Waals surface area contributed by atoms with Crippen LogP contribution in [0.2, 0.25) is 0 Å². The number of esters is 1. The predicted octanol–water partition coefficient (Wildman–Crippen LogP) is 4.07. The molecule has 0 saturated heterocycles. The van der Waals surface area contributed by atoms with Crippen molar-refractivity contribution in [1.82, 2.24) is 0 Å². The van der Waals surface area contributed by atoms with Crippen LogP contribution in [0.5, 0.6) is 0 Å². The van der Waals surface area contributed by atoms with Crippen LogP contribution in [-0.2, 0) is 4.74 Å². The number of ether oxygens (including phenoxy) is 1. The Morgan fingerprint density at radius 2 is 1.68 bits per heavy atom. The number of methoxy groups -OCH3 is 1. The highest BCUT2D eigenvalue weighted by Gasteiger charge is 2.10. The van der Waals surface area contributed by atoms with Crippen molar-refractivity contribution in [3.63, 3.8) is 0 Å². The molecule has 2 nitrogen and oxygen atoms in total. The lowest BCUT2D eigenvalue weighted by atomic mass is 9.96. The first-order valence-corrected chi connectivity index (χ1v) is 6.29. The first-order chi connectivity index (χ1) is 9.02. The Balaban J connectivity index is 2.47. The summed E-state index contributed by atoms with van der Waals surface area (Å²) in [6.07, 6.45) is 0. The normalized spacial score (nSPS) is 10.3. The van der Waals surface area contributed by atoms with E-state index in [2.05, 4.69) is 32.0 Å². The van der Waals surface area contributed by atoms with Crippen LogP contribution >= 0.6 is 0 Å². The first kappa shape index (κ1) is 13.3. The number of aryl methyl sites for hydroxylation is 3. The highest BCUT2D eigenvalue weighted by Crippen LogP contribution is 2.26. The van der Waals surface area contributed by atoms with Crippen molar-refractivity contribution < 1.29 is 9.53 Å². The van der Waals surface area contributed by atoms with E-state index in [1.165, 1.54) is 23.8 Å². The molecule has 2 rings (SSSR count). The number of carbonyl (C=O) groups is 1. The second-order valence-electron chi connectivity index (χ2n) is 4.84. The fourth-order valence-electron chi connectivity index (χ4n) is 2.31. The summed E-state index contributed by atoms with van der Waals surface area (Å²) in [4.78, 5) is 11.6. The second kappa shape index (κ2) is 5.27. The van der Waals surface area contributed by atoms with Gasteiger partial charge in [-0.25, -0.2) is 4.79 Å². The Hall–Kier alpha value is -2.09. The van der Waals surface area contributed by atoms with Gasteiger partial charge in [-0.2, -0.15) is 0 Å². The van der Waals surface area contributed by atoms with E-state index >= 15 is 0 Å². The maximum absolute atomic E-state index is 11.6. The largest absolute Gasteiger partial charge is 0.465 e. The first-order valence-electron chi connectivity index (χ1n) is 6.29. The Morgan fingerprint density at radius 1 is 0.947 bits per heavy atom. The lowest BCUT2D eigenvalue weighted by molar-refractivity contribution is 0.0600. The van der Waals surface area contributed by atoms with Crippen molar-refractivity contribution in [3.8, 4) is 11.1 Å². The molecule has 2 heteroatoms. The van der Waals surface area contributed by atoms with Crippen molar-refractivity contribution in [2.45, 2.75) is 20.8 Å². The third kappa shape index (κ3) is 2.68. The number of hydrogen-bond donors (Lipinski definition) is 0. The average molecular weight is 254 g/mol. The molecule has 0 atom stereocenters. The van der Waals surface area contributed by atoms with Crippen LogP contribution in [-0.4, -0.2) is 13.1 Å². The number of benzene rings is 2. The van der Waals surface area contributed by atoms with E-state index in [9.17, 15) is 4.79 Å². The summed E-state index contributed by atoms with van der Waals surface area (Å²) in [6.45, 7) is 6.12. The third-order valence-corrected chi connectivity index (χ3v) is 3.32. The maximum Gasteiger partial charge on any atom is 0.338 e. The SMILES string of the molecule is COC(=O)c1ccc(-c2ccc(C)cc2C)cc1C. The summed E-state index contributed by atoms with van der Waals surface area (Å²) in [5.41, 5.74) is 6.38. The summed E-state index contributed by atoms with van der Waals surface area (Å²) in [6, 6.07) is 12.2. The minimum Gasteiger partial charge on any atom is -0.465 e. The van der Waals surface area contributed by atoms with Crippen LogP contribution in [0.1, 0.15) is 27.0 Å². The Kier molecular flexibility index (Phi) is 3.70. The van der Waals surface area contributed by atoms with E-state index in [0.29, 0.717) is 5.56 Å². The van der Waals surface area contributed by atoms with Gasteiger partial charge in [0.05, 0.1) is 12.7 Å². The van der Waals surface area contributed by atoms with Gasteiger partial charge < -0.3 is 4.74 Å². The lowest BCUT2D eigenvalue weighted by Crippen LogP contribution is -2.03. The van der Waals surface area contributed by atoms with E-state index in [-0.39, 0.29) is 5.97 Å². The van der Waals surface area contributed by atoms with Crippen LogP contribution in [0.4, 0.5) is 0 Å². The van der Waals surface area contributed by atoms with E-state index in [1.54, 1.807) is 0 Å².